The summed E-state index contributed by atoms with van der Waals surface area (Å²) < 4.78 is 0. The van der Waals surface area contributed by atoms with Crippen LogP contribution < -0.4 is 0 Å². The van der Waals surface area contributed by atoms with Gasteiger partial charge in [-0.2, -0.15) is 0 Å². The van der Waals surface area contributed by atoms with E-state index in [9.17, 15) is 10.1 Å². The molecule has 2 aromatic heterocycles. The van der Waals surface area contributed by atoms with Gasteiger partial charge in [-0.25, -0.2) is 4.98 Å². The van der Waals surface area contributed by atoms with Crippen LogP contribution in [0.15, 0.2) is 35.7 Å². The number of nitrogens with zero attached hydrogens (tertiary/aromatic N) is 3. The molecule has 0 saturated carbocycles. The van der Waals surface area contributed by atoms with Gasteiger partial charge in [-0.05, 0) is 26.3 Å². The Hall–Kier alpha value is -2.60. The highest BCUT2D eigenvalue weighted by molar-refractivity contribution is 7.10. The molecule has 0 atom stereocenters. The Labute approximate surface area is 144 Å². The summed E-state index contributed by atoms with van der Waals surface area (Å²) in [6.45, 7) is 5.57. The fourth-order valence-corrected chi connectivity index (χ4v) is 3.30. The molecule has 3 aromatic rings. The van der Waals surface area contributed by atoms with E-state index >= 15 is 0 Å². The Morgan fingerprint density at radius 2 is 1.83 bits per heavy atom. The zero-order valence-electron chi connectivity index (χ0n) is 13.7. The van der Waals surface area contributed by atoms with E-state index in [-0.39, 0.29) is 5.69 Å². The first kappa shape index (κ1) is 16.3. The molecular weight excluding hydrogens is 322 g/mol. The molecule has 0 fully saturated rings. The Kier molecular flexibility index (Phi) is 4.40. The van der Waals surface area contributed by atoms with Crippen LogP contribution >= 0.6 is 11.3 Å². The first-order chi connectivity index (χ1) is 11.4. The summed E-state index contributed by atoms with van der Waals surface area (Å²) in [6.07, 6.45) is 0.585. The molecule has 1 aromatic carbocycles. The Morgan fingerprint density at radius 3 is 2.50 bits per heavy atom. The highest BCUT2D eigenvalue weighted by atomic mass is 32.1. The number of rotatable bonds is 4. The van der Waals surface area contributed by atoms with Gasteiger partial charge in [0.15, 0.2) is 0 Å². The average Bonchev–Trinajstić information content (AvgIpc) is 2.99. The molecule has 0 amide bonds. The van der Waals surface area contributed by atoms with E-state index in [1.807, 2.05) is 12.3 Å². The zero-order valence-corrected chi connectivity index (χ0v) is 14.6. The molecule has 6 heteroatoms. The fraction of sp³-hybridized carbons (Fsp3) is 0.222. The van der Waals surface area contributed by atoms with Gasteiger partial charge in [0, 0.05) is 23.4 Å². The Balaban J connectivity index is 1.86. The maximum Gasteiger partial charge on any atom is 0.290 e. The molecule has 0 spiro atoms. The highest BCUT2D eigenvalue weighted by Gasteiger charge is 2.16. The smallest absolute Gasteiger partial charge is 0.258 e. The molecule has 0 aliphatic rings. The summed E-state index contributed by atoms with van der Waals surface area (Å²) in [7, 11) is 0. The first-order valence-corrected chi connectivity index (χ1v) is 8.45. The van der Waals surface area contributed by atoms with Crippen LogP contribution in [0.4, 0.5) is 5.69 Å². The first-order valence-electron chi connectivity index (χ1n) is 7.57. The third-order valence-electron chi connectivity index (χ3n) is 3.90. The number of thiazole rings is 1. The quantitative estimate of drug-likeness (QED) is 0.513. The van der Waals surface area contributed by atoms with Gasteiger partial charge in [-0.3, -0.25) is 15.1 Å². The fourth-order valence-electron chi connectivity index (χ4n) is 2.50. The van der Waals surface area contributed by atoms with Crippen LogP contribution in [0.3, 0.4) is 0 Å². The number of benzene rings is 1. The summed E-state index contributed by atoms with van der Waals surface area (Å²) in [6, 6.07) is 9.85. The SMILES string of the molecule is Cc1ccc(-c2csc(Cc3nc(C)c([N+](=O)[O-])cc3C)n2)cc1. The lowest BCUT2D eigenvalue weighted by Crippen LogP contribution is -2.02. The predicted molar refractivity (Wildman–Crippen MR) is 95.5 cm³/mol. The molecule has 2 heterocycles. The minimum absolute atomic E-state index is 0.0655. The van der Waals surface area contributed by atoms with Crippen LogP contribution in [0.1, 0.15) is 27.5 Å². The van der Waals surface area contributed by atoms with E-state index in [2.05, 4.69) is 41.2 Å². The van der Waals surface area contributed by atoms with Crippen LogP contribution in [0.25, 0.3) is 11.3 Å². The van der Waals surface area contributed by atoms with Crippen LogP contribution in [0.2, 0.25) is 0 Å². The van der Waals surface area contributed by atoms with Crippen molar-refractivity contribution in [2.24, 2.45) is 0 Å². The van der Waals surface area contributed by atoms with Gasteiger partial charge in [0.2, 0.25) is 0 Å². The number of pyridine rings is 1. The second kappa shape index (κ2) is 6.49. The van der Waals surface area contributed by atoms with Crippen molar-refractivity contribution in [3.05, 3.63) is 73.3 Å². The number of hydrogen-bond acceptors (Lipinski definition) is 5. The summed E-state index contributed by atoms with van der Waals surface area (Å²) in [5.41, 5.74) is 5.42. The molecule has 3 rings (SSSR count). The molecule has 0 unspecified atom stereocenters. The van der Waals surface area contributed by atoms with Crippen LogP contribution in [-0.4, -0.2) is 14.9 Å². The van der Waals surface area contributed by atoms with Crippen molar-refractivity contribution >= 4 is 17.0 Å². The van der Waals surface area contributed by atoms with Gasteiger partial charge < -0.3 is 0 Å². The second-order valence-electron chi connectivity index (χ2n) is 5.78. The molecule has 0 saturated heterocycles. The minimum atomic E-state index is -0.391. The molecule has 5 nitrogen and oxygen atoms in total. The van der Waals surface area contributed by atoms with Gasteiger partial charge in [0.1, 0.15) is 5.69 Å². The number of hydrogen-bond donors (Lipinski definition) is 0. The zero-order chi connectivity index (χ0) is 17.3. The van der Waals surface area contributed by atoms with Gasteiger partial charge >= 0.3 is 0 Å². The largest absolute Gasteiger partial charge is 0.290 e. The third-order valence-corrected chi connectivity index (χ3v) is 4.75. The maximum atomic E-state index is 11.0. The average molecular weight is 339 g/mol. The van der Waals surface area contributed by atoms with E-state index in [1.165, 1.54) is 5.56 Å². The topological polar surface area (TPSA) is 68.9 Å². The summed E-state index contributed by atoms with van der Waals surface area (Å²) in [5.74, 6) is 0. The highest BCUT2D eigenvalue weighted by Crippen LogP contribution is 2.26. The molecule has 0 N–H and O–H groups in total. The van der Waals surface area contributed by atoms with Crippen LogP contribution in [0.5, 0.6) is 0 Å². The molecule has 24 heavy (non-hydrogen) atoms. The van der Waals surface area contributed by atoms with Crippen molar-refractivity contribution in [3.63, 3.8) is 0 Å². The second-order valence-corrected chi connectivity index (χ2v) is 6.73. The monoisotopic (exact) mass is 339 g/mol. The standard InChI is InChI=1S/C18H17N3O2S/c1-11-4-6-14(7-5-11)16-10-24-18(20-16)9-15-12(2)8-17(21(22)23)13(3)19-15/h4-8,10H,9H2,1-3H3. The van der Waals surface area contributed by atoms with Gasteiger partial charge in [-0.15, -0.1) is 11.3 Å². The Morgan fingerprint density at radius 1 is 1.12 bits per heavy atom. The molecule has 0 bridgehead atoms. The van der Waals surface area contributed by atoms with Crippen LogP contribution in [-0.2, 0) is 6.42 Å². The van der Waals surface area contributed by atoms with Crippen LogP contribution in [0, 0.1) is 30.9 Å². The van der Waals surface area contributed by atoms with Crippen molar-refractivity contribution < 1.29 is 4.92 Å². The predicted octanol–water partition coefficient (Wildman–Crippen LogP) is 4.63. The van der Waals surface area contributed by atoms with E-state index < -0.39 is 4.92 Å². The maximum absolute atomic E-state index is 11.0. The molecule has 122 valence electrons. The summed E-state index contributed by atoms with van der Waals surface area (Å²) in [5, 5.41) is 14.0. The summed E-state index contributed by atoms with van der Waals surface area (Å²) in [4.78, 5) is 19.7. The van der Waals surface area contributed by atoms with E-state index in [1.54, 1.807) is 24.3 Å². The number of aromatic nitrogens is 2. The van der Waals surface area contributed by atoms with Gasteiger partial charge in [0.05, 0.1) is 21.3 Å². The summed E-state index contributed by atoms with van der Waals surface area (Å²) >= 11 is 1.58. The molecule has 0 radical (unpaired) electrons. The number of nitro groups is 1. The number of aryl methyl sites for hydroxylation is 3. The molecular formula is C18H17N3O2S. The van der Waals surface area contributed by atoms with Crippen molar-refractivity contribution in [2.45, 2.75) is 27.2 Å². The van der Waals surface area contributed by atoms with Gasteiger partial charge in [0.25, 0.3) is 5.69 Å². The van der Waals surface area contributed by atoms with E-state index in [0.29, 0.717) is 12.1 Å². The lowest BCUT2D eigenvalue weighted by Gasteiger charge is -2.05. The van der Waals surface area contributed by atoms with Gasteiger partial charge in [-0.1, -0.05) is 29.8 Å². The van der Waals surface area contributed by atoms with E-state index in [0.717, 1.165) is 27.5 Å². The third kappa shape index (κ3) is 3.33. The van der Waals surface area contributed by atoms with Crippen molar-refractivity contribution in [1.82, 2.24) is 9.97 Å². The van der Waals surface area contributed by atoms with Crippen molar-refractivity contribution in [1.29, 1.82) is 0 Å². The lowest BCUT2D eigenvalue weighted by atomic mass is 10.1. The lowest BCUT2D eigenvalue weighted by molar-refractivity contribution is -0.385. The van der Waals surface area contributed by atoms with Crippen molar-refractivity contribution in [2.75, 3.05) is 0 Å². The molecule has 0 aliphatic heterocycles. The van der Waals surface area contributed by atoms with Crippen molar-refractivity contribution in [3.8, 4) is 11.3 Å². The van der Waals surface area contributed by atoms with E-state index in [4.69, 9.17) is 0 Å². The minimum Gasteiger partial charge on any atom is -0.258 e. The Bertz CT molecular complexity index is 901. The molecule has 0 aliphatic carbocycles. The normalized spacial score (nSPS) is 10.8.